The van der Waals surface area contributed by atoms with Crippen LogP contribution < -0.4 is 10.1 Å². The number of thioether (sulfide) groups is 1. The van der Waals surface area contributed by atoms with Gasteiger partial charge in [0.25, 0.3) is 0 Å². The Labute approximate surface area is 132 Å². The van der Waals surface area contributed by atoms with Crippen molar-refractivity contribution in [2.45, 2.75) is 24.6 Å². The summed E-state index contributed by atoms with van der Waals surface area (Å²) in [5.41, 5.74) is 1.63. The van der Waals surface area contributed by atoms with Crippen LogP contribution in [0.4, 0.5) is 5.69 Å². The summed E-state index contributed by atoms with van der Waals surface area (Å²) in [6.45, 7) is 4.42. The molecule has 2 aromatic rings. The Hall–Kier alpha value is -1.53. The summed E-state index contributed by atoms with van der Waals surface area (Å²) in [5.74, 6) is 0.640. The molecule has 0 aliphatic heterocycles. The lowest BCUT2D eigenvalue weighted by atomic mass is 10.2. The zero-order chi connectivity index (χ0) is 15.2. The van der Waals surface area contributed by atoms with Gasteiger partial charge in [-0.05, 0) is 32.2 Å². The topological polar surface area (TPSA) is 51.2 Å². The Morgan fingerprint density at radius 1 is 1.43 bits per heavy atom. The molecule has 4 nitrogen and oxygen atoms in total. The quantitative estimate of drug-likeness (QED) is 0.823. The molecule has 21 heavy (non-hydrogen) atoms. The van der Waals surface area contributed by atoms with E-state index in [-0.39, 0.29) is 5.91 Å². The molecule has 0 fully saturated rings. The number of nitrogens with one attached hydrogen (secondary N) is 1. The van der Waals surface area contributed by atoms with Crippen LogP contribution in [0, 0.1) is 6.92 Å². The van der Waals surface area contributed by atoms with E-state index in [9.17, 15) is 4.79 Å². The lowest BCUT2D eigenvalue weighted by Crippen LogP contribution is -2.15. The van der Waals surface area contributed by atoms with Crippen molar-refractivity contribution >= 4 is 34.7 Å². The van der Waals surface area contributed by atoms with Gasteiger partial charge in [-0.2, -0.15) is 0 Å². The number of benzene rings is 1. The molecular formula is C15H18N2O2S2. The zero-order valence-electron chi connectivity index (χ0n) is 12.3. The molecule has 1 heterocycles. The van der Waals surface area contributed by atoms with Gasteiger partial charge in [0.15, 0.2) is 0 Å². The summed E-state index contributed by atoms with van der Waals surface area (Å²) >= 11 is 3.17. The maximum Gasteiger partial charge on any atom is 0.229 e. The molecule has 0 spiro atoms. The summed E-state index contributed by atoms with van der Waals surface area (Å²) in [7, 11) is 0. The first-order chi connectivity index (χ1) is 10.1. The van der Waals surface area contributed by atoms with Gasteiger partial charge in [-0.3, -0.25) is 4.79 Å². The monoisotopic (exact) mass is 322 g/mol. The number of amides is 1. The van der Waals surface area contributed by atoms with E-state index < -0.39 is 0 Å². The molecule has 0 bridgehead atoms. The third-order valence-corrected chi connectivity index (χ3v) is 4.97. The number of carbonyl (C=O) groups is 1. The van der Waals surface area contributed by atoms with Crippen LogP contribution in [0.15, 0.2) is 28.6 Å². The Morgan fingerprint density at radius 3 is 2.86 bits per heavy atom. The van der Waals surface area contributed by atoms with E-state index >= 15 is 0 Å². The third kappa shape index (κ3) is 4.22. The summed E-state index contributed by atoms with van der Waals surface area (Å²) in [6.07, 6.45) is 2.32. The predicted molar refractivity (Wildman–Crippen MR) is 88.6 cm³/mol. The number of ether oxygens (including phenoxy) is 1. The first-order valence-electron chi connectivity index (χ1n) is 6.66. The van der Waals surface area contributed by atoms with E-state index in [2.05, 4.69) is 10.3 Å². The molecule has 0 radical (unpaired) electrons. The molecule has 1 N–H and O–H groups in total. The highest BCUT2D eigenvalue weighted by molar-refractivity contribution is 8.00. The van der Waals surface area contributed by atoms with Crippen LogP contribution in [-0.2, 0) is 11.2 Å². The largest absolute Gasteiger partial charge is 0.492 e. The molecule has 112 valence electrons. The van der Waals surface area contributed by atoms with Crippen molar-refractivity contribution in [3.8, 4) is 5.75 Å². The summed E-state index contributed by atoms with van der Waals surface area (Å²) in [5, 5.41) is 2.91. The number of para-hydroxylation sites is 2. The molecule has 0 atom stereocenters. The van der Waals surface area contributed by atoms with E-state index in [1.807, 2.05) is 44.4 Å². The number of anilines is 1. The van der Waals surface area contributed by atoms with Gasteiger partial charge in [0.1, 0.15) is 10.1 Å². The minimum atomic E-state index is -0.0541. The highest BCUT2D eigenvalue weighted by Crippen LogP contribution is 2.27. The smallest absolute Gasteiger partial charge is 0.229 e. The third-order valence-electron chi connectivity index (χ3n) is 2.83. The van der Waals surface area contributed by atoms with Gasteiger partial charge in [0.2, 0.25) is 5.91 Å². The fourth-order valence-electron chi connectivity index (χ4n) is 1.84. The highest BCUT2D eigenvalue weighted by Gasteiger charge is 2.13. The molecule has 2 rings (SSSR count). The Bertz CT molecular complexity index is 626. The number of hydrogen-bond donors (Lipinski definition) is 1. The highest BCUT2D eigenvalue weighted by atomic mass is 32.2. The zero-order valence-corrected chi connectivity index (χ0v) is 13.9. The fraction of sp³-hybridized carbons (Fsp3) is 0.333. The number of nitrogens with zero attached hydrogens (tertiary/aromatic N) is 1. The minimum Gasteiger partial charge on any atom is -0.492 e. The average Bonchev–Trinajstić information content (AvgIpc) is 2.82. The molecule has 0 unspecified atom stereocenters. The van der Waals surface area contributed by atoms with Gasteiger partial charge in [0, 0.05) is 4.88 Å². The van der Waals surface area contributed by atoms with E-state index in [1.165, 1.54) is 0 Å². The molecule has 0 aliphatic rings. The Balaban J connectivity index is 2.06. The molecule has 6 heteroatoms. The van der Waals surface area contributed by atoms with Crippen molar-refractivity contribution in [1.29, 1.82) is 0 Å². The van der Waals surface area contributed by atoms with E-state index in [4.69, 9.17) is 4.74 Å². The lowest BCUT2D eigenvalue weighted by molar-refractivity contribution is -0.115. The normalized spacial score (nSPS) is 10.4. The summed E-state index contributed by atoms with van der Waals surface area (Å²) < 4.78 is 6.50. The predicted octanol–water partition coefficient (Wildman–Crippen LogP) is 3.75. The maximum absolute atomic E-state index is 12.2. The SMILES string of the molecule is CCOc1ccccc1NC(=O)Cc1sc(SC)nc1C. The molecule has 0 saturated heterocycles. The number of thiazole rings is 1. The molecule has 1 aromatic carbocycles. The van der Waals surface area contributed by atoms with Gasteiger partial charge in [-0.25, -0.2) is 4.98 Å². The number of hydrogen-bond acceptors (Lipinski definition) is 5. The van der Waals surface area contributed by atoms with Crippen molar-refractivity contribution in [2.24, 2.45) is 0 Å². The molecule has 0 aliphatic carbocycles. The summed E-state index contributed by atoms with van der Waals surface area (Å²) in [6, 6.07) is 7.46. The second-order valence-corrected chi connectivity index (χ2v) is 6.48. The Morgan fingerprint density at radius 2 is 2.19 bits per heavy atom. The van der Waals surface area contributed by atoms with Crippen LogP contribution in [0.2, 0.25) is 0 Å². The summed E-state index contributed by atoms with van der Waals surface area (Å²) in [4.78, 5) is 17.6. The average molecular weight is 322 g/mol. The van der Waals surface area contributed by atoms with Crippen LogP contribution >= 0.6 is 23.1 Å². The van der Waals surface area contributed by atoms with Gasteiger partial charge >= 0.3 is 0 Å². The van der Waals surface area contributed by atoms with Crippen LogP contribution in [0.25, 0.3) is 0 Å². The van der Waals surface area contributed by atoms with Crippen molar-refractivity contribution in [3.05, 3.63) is 34.8 Å². The second kappa shape index (κ2) is 7.47. The van der Waals surface area contributed by atoms with Crippen molar-refractivity contribution < 1.29 is 9.53 Å². The lowest BCUT2D eigenvalue weighted by Gasteiger charge is -2.10. The Kier molecular flexibility index (Phi) is 5.64. The molecule has 1 aromatic heterocycles. The minimum absolute atomic E-state index is 0.0541. The van der Waals surface area contributed by atoms with Gasteiger partial charge in [0.05, 0.1) is 24.4 Å². The van der Waals surface area contributed by atoms with Gasteiger partial charge < -0.3 is 10.1 Å². The number of carbonyl (C=O) groups excluding carboxylic acids is 1. The van der Waals surface area contributed by atoms with Crippen molar-refractivity contribution in [3.63, 3.8) is 0 Å². The van der Waals surface area contributed by atoms with Crippen LogP contribution in [0.5, 0.6) is 5.75 Å². The van der Waals surface area contributed by atoms with E-state index in [0.717, 1.165) is 14.9 Å². The molecule has 0 saturated carbocycles. The van der Waals surface area contributed by atoms with Crippen LogP contribution in [-0.4, -0.2) is 23.8 Å². The van der Waals surface area contributed by atoms with Crippen LogP contribution in [0.3, 0.4) is 0 Å². The van der Waals surface area contributed by atoms with Crippen LogP contribution in [0.1, 0.15) is 17.5 Å². The van der Waals surface area contributed by atoms with Gasteiger partial charge in [-0.15, -0.1) is 11.3 Å². The van der Waals surface area contributed by atoms with Crippen molar-refractivity contribution in [2.75, 3.05) is 18.2 Å². The number of rotatable bonds is 6. The first kappa shape index (κ1) is 15.9. The number of aromatic nitrogens is 1. The number of aryl methyl sites for hydroxylation is 1. The van der Waals surface area contributed by atoms with E-state index in [1.54, 1.807) is 23.1 Å². The standard InChI is InChI=1S/C15H18N2O2S2/c1-4-19-12-8-6-5-7-11(12)17-14(18)9-13-10(2)16-15(20-3)21-13/h5-8H,4,9H2,1-3H3,(H,17,18). The maximum atomic E-state index is 12.2. The fourth-order valence-corrected chi connectivity index (χ4v) is 3.50. The molecule has 1 amide bonds. The second-order valence-electron chi connectivity index (χ2n) is 4.35. The van der Waals surface area contributed by atoms with E-state index in [0.29, 0.717) is 24.5 Å². The van der Waals surface area contributed by atoms with Crippen molar-refractivity contribution in [1.82, 2.24) is 4.98 Å². The molecular weight excluding hydrogens is 304 g/mol. The first-order valence-corrected chi connectivity index (χ1v) is 8.70. The van der Waals surface area contributed by atoms with Gasteiger partial charge in [-0.1, -0.05) is 23.9 Å².